The third-order valence-electron chi connectivity index (χ3n) is 5.34. The minimum absolute atomic E-state index is 0.0605. The molecule has 36 heavy (non-hydrogen) atoms. The van der Waals surface area contributed by atoms with Crippen LogP contribution in [0.25, 0.3) is 10.2 Å². The first kappa shape index (κ1) is 27.5. The molecule has 0 atom stereocenters. The van der Waals surface area contributed by atoms with Crippen molar-refractivity contribution in [2.45, 2.75) is 20.4 Å². The fourth-order valence-corrected chi connectivity index (χ4v) is 5.41. The number of carbonyl (C=O) groups excluding carboxylic acids is 4. The molecule has 194 valence electrons. The molecule has 1 fully saturated rings. The second-order valence-electron chi connectivity index (χ2n) is 7.75. The molecule has 12 heteroatoms. The van der Waals surface area contributed by atoms with Crippen LogP contribution in [0.3, 0.4) is 0 Å². The van der Waals surface area contributed by atoms with Crippen molar-refractivity contribution >= 4 is 57.2 Å². The van der Waals surface area contributed by atoms with E-state index in [9.17, 15) is 19.2 Å². The Hall–Kier alpha value is -3.12. The zero-order valence-corrected chi connectivity index (χ0v) is 22.1. The van der Waals surface area contributed by atoms with Crippen LogP contribution in [0.5, 0.6) is 0 Å². The van der Waals surface area contributed by atoms with Crippen LogP contribution in [-0.4, -0.2) is 89.1 Å². The Morgan fingerprint density at radius 3 is 2.42 bits per heavy atom. The van der Waals surface area contributed by atoms with Gasteiger partial charge in [0.1, 0.15) is 0 Å². The summed E-state index contributed by atoms with van der Waals surface area (Å²) in [5, 5.41) is 0. The number of thioether (sulfide) groups is 1. The van der Waals surface area contributed by atoms with E-state index >= 15 is 0 Å². The molecule has 1 aromatic carbocycles. The lowest BCUT2D eigenvalue weighted by Gasteiger charge is -2.34. The SMILES string of the molecule is C=CCn1c(=NC(=O)CSCC(=O)N2CCN(C(=O)OCC)CC2)sc2cc(C(=O)OCC)ccc21. The molecule has 0 N–H and O–H groups in total. The van der Waals surface area contributed by atoms with E-state index in [4.69, 9.17) is 9.47 Å². The second-order valence-corrected chi connectivity index (χ2v) is 9.75. The van der Waals surface area contributed by atoms with Crippen molar-refractivity contribution in [3.63, 3.8) is 0 Å². The van der Waals surface area contributed by atoms with Gasteiger partial charge in [0.2, 0.25) is 5.91 Å². The Kier molecular flexibility index (Phi) is 10.1. The summed E-state index contributed by atoms with van der Waals surface area (Å²) in [5.74, 6) is -0.615. The standard InChI is InChI=1S/C24H30N4O6S2/c1-4-9-28-18-8-7-17(22(31)33-5-2)14-19(18)36-23(28)25-20(29)15-35-16-21(30)26-10-12-27(13-11-26)24(32)34-6-3/h4,7-8,14H,1,5-6,9-13,15-16H2,2-3H3. The van der Waals surface area contributed by atoms with Crippen LogP contribution in [-0.2, 0) is 25.6 Å². The predicted molar refractivity (Wildman–Crippen MR) is 139 cm³/mol. The number of thiazole rings is 1. The normalized spacial score (nSPS) is 14.1. The van der Waals surface area contributed by atoms with E-state index in [0.29, 0.717) is 49.7 Å². The fourth-order valence-electron chi connectivity index (χ4n) is 3.61. The maximum atomic E-state index is 12.6. The second kappa shape index (κ2) is 13.3. The summed E-state index contributed by atoms with van der Waals surface area (Å²) in [4.78, 5) is 57.0. The van der Waals surface area contributed by atoms with Crippen molar-refractivity contribution in [3.05, 3.63) is 41.2 Å². The first-order valence-corrected chi connectivity index (χ1v) is 13.6. The summed E-state index contributed by atoms with van der Waals surface area (Å²) in [7, 11) is 0. The predicted octanol–water partition coefficient (Wildman–Crippen LogP) is 2.53. The molecule has 0 aliphatic carbocycles. The van der Waals surface area contributed by atoms with Crippen molar-refractivity contribution in [2.75, 3.05) is 50.9 Å². The molecule has 0 bridgehead atoms. The molecule has 0 spiro atoms. The van der Waals surface area contributed by atoms with Gasteiger partial charge in [0.25, 0.3) is 5.91 Å². The lowest BCUT2D eigenvalue weighted by atomic mass is 10.2. The van der Waals surface area contributed by atoms with Gasteiger partial charge in [-0.15, -0.1) is 18.3 Å². The van der Waals surface area contributed by atoms with Gasteiger partial charge < -0.3 is 23.8 Å². The van der Waals surface area contributed by atoms with Crippen LogP contribution in [0.15, 0.2) is 35.8 Å². The third-order valence-corrected chi connectivity index (χ3v) is 7.28. The number of hydrogen-bond donors (Lipinski definition) is 0. The van der Waals surface area contributed by atoms with E-state index in [-0.39, 0.29) is 36.0 Å². The molecule has 1 aromatic heterocycles. The zero-order valence-electron chi connectivity index (χ0n) is 20.4. The van der Waals surface area contributed by atoms with E-state index in [1.165, 1.54) is 23.1 Å². The highest BCUT2D eigenvalue weighted by molar-refractivity contribution is 8.00. The number of allylic oxidation sites excluding steroid dienone is 1. The van der Waals surface area contributed by atoms with Crippen molar-refractivity contribution in [1.29, 1.82) is 0 Å². The Balaban J connectivity index is 1.60. The van der Waals surface area contributed by atoms with Crippen LogP contribution in [0.1, 0.15) is 24.2 Å². The number of ether oxygens (including phenoxy) is 2. The molecule has 1 saturated heterocycles. The largest absolute Gasteiger partial charge is 0.462 e. The van der Waals surface area contributed by atoms with E-state index in [1.807, 2.05) is 4.57 Å². The molecular formula is C24H30N4O6S2. The van der Waals surface area contributed by atoms with Gasteiger partial charge in [-0.2, -0.15) is 4.99 Å². The molecule has 0 saturated carbocycles. The summed E-state index contributed by atoms with van der Waals surface area (Å²) in [6.45, 7) is 10.1. The minimum Gasteiger partial charge on any atom is -0.462 e. The monoisotopic (exact) mass is 534 g/mol. The molecule has 10 nitrogen and oxygen atoms in total. The number of rotatable bonds is 9. The van der Waals surface area contributed by atoms with Gasteiger partial charge in [0.15, 0.2) is 4.80 Å². The van der Waals surface area contributed by atoms with Crippen molar-refractivity contribution in [1.82, 2.24) is 14.4 Å². The highest BCUT2D eigenvalue weighted by Crippen LogP contribution is 2.20. The first-order chi connectivity index (χ1) is 17.4. The average Bonchev–Trinajstić information content (AvgIpc) is 3.20. The molecular weight excluding hydrogens is 504 g/mol. The molecule has 3 amide bonds. The number of benzene rings is 1. The number of hydrogen-bond acceptors (Lipinski definition) is 8. The van der Waals surface area contributed by atoms with Gasteiger partial charge in [-0.25, -0.2) is 9.59 Å². The number of esters is 1. The number of carbonyl (C=O) groups is 4. The number of fused-ring (bicyclic) bond motifs is 1. The number of amides is 3. The molecule has 3 rings (SSSR count). The number of nitrogens with zero attached hydrogens (tertiary/aromatic N) is 4. The number of piperazine rings is 1. The van der Waals surface area contributed by atoms with E-state index in [2.05, 4.69) is 11.6 Å². The molecule has 1 aliphatic rings. The zero-order chi connectivity index (χ0) is 26.1. The van der Waals surface area contributed by atoms with E-state index in [0.717, 1.165) is 10.2 Å². The van der Waals surface area contributed by atoms with Crippen LogP contribution >= 0.6 is 23.1 Å². The third kappa shape index (κ3) is 6.97. The van der Waals surface area contributed by atoms with Crippen molar-refractivity contribution < 1.29 is 28.7 Å². The Labute approximate surface area is 217 Å². The van der Waals surface area contributed by atoms with Crippen LogP contribution in [0, 0.1) is 0 Å². The summed E-state index contributed by atoms with van der Waals surface area (Å²) < 4.78 is 12.7. The van der Waals surface area contributed by atoms with E-state index in [1.54, 1.807) is 47.9 Å². The Morgan fingerprint density at radius 2 is 1.75 bits per heavy atom. The highest BCUT2D eigenvalue weighted by Gasteiger charge is 2.24. The van der Waals surface area contributed by atoms with Crippen LogP contribution in [0.2, 0.25) is 0 Å². The summed E-state index contributed by atoms with van der Waals surface area (Å²) in [5.41, 5.74) is 1.27. The molecule has 1 aliphatic heterocycles. The molecule has 0 radical (unpaired) electrons. The van der Waals surface area contributed by atoms with E-state index < -0.39 is 5.97 Å². The summed E-state index contributed by atoms with van der Waals surface area (Å²) >= 11 is 2.51. The fraction of sp³-hybridized carbons (Fsp3) is 0.458. The van der Waals surface area contributed by atoms with Gasteiger partial charge in [0.05, 0.1) is 40.5 Å². The average molecular weight is 535 g/mol. The van der Waals surface area contributed by atoms with Gasteiger partial charge in [-0.3, -0.25) is 9.59 Å². The smallest absolute Gasteiger partial charge is 0.409 e. The maximum absolute atomic E-state index is 12.6. The van der Waals surface area contributed by atoms with Crippen LogP contribution in [0.4, 0.5) is 4.79 Å². The van der Waals surface area contributed by atoms with Gasteiger partial charge in [-0.1, -0.05) is 17.4 Å². The lowest BCUT2D eigenvalue weighted by Crippen LogP contribution is -2.51. The molecule has 0 unspecified atom stereocenters. The summed E-state index contributed by atoms with van der Waals surface area (Å²) in [6.07, 6.45) is 1.35. The van der Waals surface area contributed by atoms with Crippen molar-refractivity contribution in [3.8, 4) is 0 Å². The molecule has 2 heterocycles. The minimum atomic E-state index is -0.402. The first-order valence-electron chi connectivity index (χ1n) is 11.6. The number of aromatic nitrogens is 1. The lowest BCUT2D eigenvalue weighted by molar-refractivity contribution is -0.129. The maximum Gasteiger partial charge on any atom is 0.409 e. The quantitative estimate of drug-likeness (QED) is 0.359. The summed E-state index contributed by atoms with van der Waals surface area (Å²) in [6, 6.07) is 5.22. The van der Waals surface area contributed by atoms with Gasteiger partial charge >= 0.3 is 12.1 Å². The van der Waals surface area contributed by atoms with Gasteiger partial charge in [0, 0.05) is 32.7 Å². The van der Waals surface area contributed by atoms with Gasteiger partial charge in [-0.05, 0) is 32.0 Å². The Bertz CT molecular complexity index is 1200. The molecule has 2 aromatic rings. The highest BCUT2D eigenvalue weighted by atomic mass is 32.2. The topological polar surface area (TPSA) is 111 Å². The Morgan fingerprint density at radius 1 is 1.06 bits per heavy atom. The van der Waals surface area contributed by atoms with Crippen molar-refractivity contribution in [2.24, 2.45) is 4.99 Å². The van der Waals surface area contributed by atoms with Crippen LogP contribution < -0.4 is 4.80 Å².